The summed E-state index contributed by atoms with van der Waals surface area (Å²) in [6.45, 7) is 0.416. The molecule has 0 saturated carbocycles. The van der Waals surface area contributed by atoms with Crippen molar-refractivity contribution in [2.75, 3.05) is 13.1 Å². The molecule has 0 spiro atoms. The van der Waals surface area contributed by atoms with Crippen LogP contribution in [0.5, 0.6) is 0 Å². The summed E-state index contributed by atoms with van der Waals surface area (Å²) >= 11 is 0. The number of nitrogens with one attached hydrogen (secondary N) is 2. The van der Waals surface area contributed by atoms with E-state index in [2.05, 4.69) is 10.0 Å². The number of carbonyl (C=O) groups is 1. The van der Waals surface area contributed by atoms with Crippen molar-refractivity contribution in [3.05, 3.63) is 78.1 Å². The first-order valence-electron chi connectivity index (χ1n) is 8.94. The van der Waals surface area contributed by atoms with Crippen LogP contribution in [-0.4, -0.2) is 27.4 Å². The second-order valence-electron chi connectivity index (χ2n) is 6.38. The van der Waals surface area contributed by atoms with E-state index in [4.69, 9.17) is 0 Å². The first-order chi connectivity index (χ1) is 13.4. The van der Waals surface area contributed by atoms with Crippen LogP contribution in [0.2, 0.25) is 0 Å². The van der Waals surface area contributed by atoms with Crippen molar-refractivity contribution >= 4 is 26.7 Å². The molecule has 0 aromatic heterocycles. The van der Waals surface area contributed by atoms with Gasteiger partial charge in [-0.05, 0) is 47.0 Å². The maximum Gasteiger partial charge on any atom is 0.240 e. The molecule has 0 saturated heterocycles. The lowest BCUT2D eigenvalue weighted by Crippen LogP contribution is -2.31. The van der Waals surface area contributed by atoms with Gasteiger partial charge in [-0.15, -0.1) is 0 Å². The Kier molecular flexibility index (Phi) is 6.38. The molecule has 1 amide bonds. The summed E-state index contributed by atoms with van der Waals surface area (Å²) in [7, 11) is -3.68. The number of carbonyl (C=O) groups excluding carboxylic acids is 1. The second kappa shape index (κ2) is 8.95. The fourth-order valence-corrected chi connectivity index (χ4v) is 3.87. The van der Waals surface area contributed by atoms with Crippen LogP contribution in [0.25, 0.3) is 10.8 Å². The lowest BCUT2D eigenvalue weighted by atomic mass is 10.1. The van der Waals surface area contributed by atoms with Crippen LogP contribution in [0.15, 0.2) is 71.6 Å². The van der Waals surface area contributed by atoms with Gasteiger partial charge in [-0.3, -0.25) is 4.79 Å². The minimum absolute atomic E-state index is 0.0115. The maximum absolute atomic E-state index is 12.8. The molecule has 0 fully saturated rings. The number of rotatable bonds is 8. The van der Waals surface area contributed by atoms with E-state index < -0.39 is 10.0 Å². The van der Waals surface area contributed by atoms with Gasteiger partial charge in [0.15, 0.2) is 0 Å². The van der Waals surface area contributed by atoms with Gasteiger partial charge in [0.25, 0.3) is 0 Å². The SMILES string of the molecule is O=C(CCNS(=O)(=O)c1ccc2ccccc2c1)NCCc1ccc(F)cc1. The zero-order valence-corrected chi connectivity index (χ0v) is 16.0. The highest BCUT2D eigenvalue weighted by molar-refractivity contribution is 7.89. The molecular formula is C21H21FN2O3S. The summed E-state index contributed by atoms with van der Waals surface area (Å²) in [6, 6.07) is 18.5. The van der Waals surface area contributed by atoms with E-state index in [0.29, 0.717) is 13.0 Å². The zero-order valence-electron chi connectivity index (χ0n) is 15.2. The molecule has 3 rings (SSSR count). The molecule has 2 N–H and O–H groups in total. The number of hydrogen-bond acceptors (Lipinski definition) is 3. The first kappa shape index (κ1) is 20.0. The Balaban J connectivity index is 1.46. The molecule has 5 nitrogen and oxygen atoms in total. The number of fused-ring (bicyclic) bond motifs is 1. The molecule has 0 aliphatic heterocycles. The summed E-state index contributed by atoms with van der Waals surface area (Å²) in [5.74, 6) is -0.546. The molecule has 0 aliphatic rings. The van der Waals surface area contributed by atoms with Gasteiger partial charge in [0.05, 0.1) is 4.90 Å². The van der Waals surface area contributed by atoms with E-state index in [9.17, 15) is 17.6 Å². The van der Waals surface area contributed by atoms with Crippen molar-refractivity contribution in [2.24, 2.45) is 0 Å². The molecule has 0 aliphatic carbocycles. The molecule has 28 heavy (non-hydrogen) atoms. The summed E-state index contributed by atoms with van der Waals surface area (Å²) in [5.41, 5.74) is 0.915. The van der Waals surface area contributed by atoms with Gasteiger partial charge >= 0.3 is 0 Å². The average Bonchev–Trinajstić information content (AvgIpc) is 2.69. The standard InChI is InChI=1S/C21H21FN2O3S/c22-19-8-5-16(6-9-19)11-13-23-21(25)12-14-24-28(26,27)20-10-7-17-3-1-2-4-18(17)15-20/h1-10,15,24H,11-14H2,(H,23,25). The molecule has 0 radical (unpaired) electrons. The van der Waals surface area contributed by atoms with E-state index in [1.165, 1.54) is 12.1 Å². The molecule has 0 atom stereocenters. The quantitative estimate of drug-likeness (QED) is 0.610. The molecular weight excluding hydrogens is 379 g/mol. The van der Waals surface area contributed by atoms with Crippen molar-refractivity contribution in [1.29, 1.82) is 0 Å². The zero-order chi connectivity index (χ0) is 20.0. The topological polar surface area (TPSA) is 75.3 Å². The number of halogens is 1. The van der Waals surface area contributed by atoms with Gasteiger partial charge in [0, 0.05) is 19.5 Å². The lowest BCUT2D eigenvalue weighted by molar-refractivity contribution is -0.120. The highest BCUT2D eigenvalue weighted by Crippen LogP contribution is 2.18. The smallest absolute Gasteiger partial charge is 0.240 e. The normalized spacial score (nSPS) is 11.5. The van der Waals surface area contributed by atoms with Crippen LogP contribution in [0.1, 0.15) is 12.0 Å². The summed E-state index contributed by atoms with van der Waals surface area (Å²) in [4.78, 5) is 12.0. The highest BCUT2D eigenvalue weighted by atomic mass is 32.2. The van der Waals surface area contributed by atoms with Gasteiger partial charge in [0.2, 0.25) is 15.9 Å². The third kappa shape index (κ3) is 5.37. The fraction of sp³-hybridized carbons (Fsp3) is 0.190. The van der Waals surface area contributed by atoms with Crippen molar-refractivity contribution in [2.45, 2.75) is 17.7 Å². The van der Waals surface area contributed by atoms with Gasteiger partial charge in [-0.1, -0.05) is 42.5 Å². The van der Waals surface area contributed by atoms with Gasteiger partial charge in [-0.2, -0.15) is 0 Å². The van der Waals surface area contributed by atoms with Crippen molar-refractivity contribution < 1.29 is 17.6 Å². The van der Waals surface area contributed by atoms with E-state index in [0.717, 1.165) is 16.3 Å². The second-order valence-corrected chi connectivity index (χ2v) is 8.15. The summed E-state index contributed by atoms with van der Waals surface area (Å²) in [5, 5.41) is 4.53. The third-order valence-electron chi connectivity index (χ3n) is 4.32. The lowest BCUT2D eigenvalue weighted by Gasteiger charge is -2.09. The van der Waals surface area contributed by atoms with Crippen molar-refractivity contribution in [3.8, 4) is 0 Å². The Bertz CT molecular complexity index is 1070. The summed E-state index contributed by atoms with van der Waals surface area (Å²) in [6.07, 6.45) is 0.616. The van der Waals surface area contributed by atoms with Crippen molar-refractivity contribution in [1.82, 2.24) is 10.0 Å². The number of benzene rings is 3. The largest absolute Gasteiger partial charge is 0.356 e. The predicted molar refractivity (Wildman–Crippen MR) is 107 cm³/mol. The number of amides is 1. The van der Waals surface area contributed by atoms with Gasteiger partial charge < -0.3 is 5.32 Å². The Morgan fingerprint density at radius 3 is 2.36 bits per heavy atom. The van der Waals surface area contributed by atoms with Gasteiger partial charge in [-0.25, -0.2) is 17.5 Å². The van der Waals surface area contributed by atoms with Crippen molar-refractivity contribution in [3.63, 3.8) is 0 Å². The van der Waals surface area contributed by atoms with Crippen LogP contribution in [0.4, 0.5) is 4.39 Å². The molecule has 0 bridgehead atoms. The maximum atomic E-state index is 12.8. The Morgan fingerprint density at radius 1 is 0.893 bits per heavy atom. The van der Waals surface area contributed by atoms with E-state index >= 15 is 0 Å². The fourth-order valence-electron chi connectivity index (χ4n) is 2.80. The van der Waals surface area contributed by atoms with E-state index in [1.54, 1.807) is 30.3 Å². The minimum Gasteiger partial charge on any atom is -0.356 e. The van der Waals surface area contributed by atoms with Crippen LogP contribution in [0, 0.1) is 5.82 Å². The van der Waals surface area contributed by atoms with Crippen LogP contribution < -0.4 is 10.0 Å². The number of sulfonamides is 1. The number of hydrogen-bond donors (Lipinski definition) is 2. The third-order valence-corrected chi connectivity index (χ3v) is 5.78. The first-order valence-corrected chi connectivity index (χ1v) is 10.4. The molecule has 3 aromatic carbocycles. The van der Waals surface area contributed by atoms with E-state index in [1.807, 2.05) is 24.3 Å². The summed E-state index contributed by atoms with van der Waals surface area (Å²) < 4.78 is 40.1. The molecule has 0 heterocycles. The predicted octanol–water partition coefficient (Wildman–Crippen LogP) is 3.01. The highest BCUT2D eigenvalue weighted by Gasteiger charge is 2.14. The van der Waals surface area contributed by atoms with Crippen LogP contribution in [0.3, 0.4) is 0 Å². The average molecular weight is 400 g/mol. The van der Waals surface area contributed by atoms with E-state index in [-0.39, 0.29) is 29.6 Å². The minimum atomic E-state index is -3.68. The Labute approximate surface area is 163 Å². The molecule has 146 valence electrons. The van der Waals surface area contributed by atoms with Crippen LogP contribution in [-0.2, 0) is 21.2 Å². The monoisotopic (exact) mass is 400 g/mol. The molecule has 0 unspecified atom stereocenters. The molecule has 3 aromatic rings. The Morgan fingerprint density at radius 2 is 1.61 bits per heavy atom. The van der Waals surface area contributed by atoms with Gasteiger partial charge in [0.1, 0.15) is 5.82 Å². The molecule has 7 heteroatoms. The Hall–Kier alpha value is -2.77. The van der Waals surface area contributed by atoms with Crippen LogP contribution >= 0.6 is 0 Å².